The monoisotopic (exact) mass is 231 g/mol. The molecule has 0 aromatic heterocycles. The predicted octanol–water partition coefficient (Wildman–Crippen LogP) is -0.715. The second kappa shape index (κ2) is 5.94. The van der Waals surface area contributed by atoms with Gasteiger partial charge in [0, 0.05) is 20.0 Å². The van der Waals surface area contributed by atoms with Crippen LogP contribution in [0.5, 0.6) is 0 Å². The summed E-state index contributed by atoms with van der Waals surface area (Å²) in [6.07, 6.45) is 0.150. The molecule has 0 heterocycles. The molecule has 0 spiro atoms. The molecule has 0 aromatic rings. The lowest BCUT2D eigenvalue weighted by atomic mass is 10.1. The molecule has 7 nitrogen and oxygen atoms in total. The van der Waals surface area contributed by atoms with Crippen molar-refractivity contribution < 1.29 is 19.5 Å². The van der Waals surface area contributed by atoms with Crippen molar-refractivity contribution in [2.45, 2.75) is 25.8 Å². The van der Waals surface area contributed by atoms with Gasteiger partial charge in [-0.3, -0.25) is 4.79 Å². The molecular formula is C9H17N3O4. The molecule has 0 unspecified atom stereocenters. The van der Waals surface area contributed by atoms with E-state index in [1.165, 1.54) is 20.9 Å². The second-order valence-corrected chi connectivity index (χ2v) is 3.73. The third-order valence-corrected chi connectivity index (χ3v) is 1.88. The van der Waals surface area contributed by atoms with Crippen LogP contribution in [0.2, 0.25) is 0 Å². The average molecular weight is 231 g/mol. The van der Waals surface area contributed by atoms with E-state index < -0.39 is 17.5 Å². The maximum absolute atomic E-state index is 11.2. The van der Waals surface area contributed by atoms with Crippen LogP contribution in [-0.4, -0.2) is 42.1 Å². The van der Waals surface area contributed by atoms with Crippen LogP contribution in [0.25, 0.3) is 0 Å². The minimum Gasteiger partial charge on any atom is -0.480 e. The Labute approximate surface area is 93.6 Å². The van der Waals surface area contributed by atoms with Gasteiger partial charge < -0.3 is 21.1 Å². The molecule has 4 N–H and O–H groups in total. The lowest BCUT2D eigenvalue weighted by Crippen LogP contribution is -2.53. The number of carboxylic acid groups (broad SMARTS) is 1. The van der Waals surface area contributed by atoms with Gasteiger partial charge in [0.05, 0.1) is 0 Å². The van der Waals surface area contributed by atoms with Crippen LogP contribution < -0.4 is 16.0 Å². The van der Waals surface area contributed by atoms with Crippen molar-refractivity contribution in [3.63, 3.8) is 0 Å². The fraction of sp³-hybridized carbons (Fsp3) is 0.667. The summed E-state index contributed by atoms with van der Waals surface area (Å²) in [5.41, 5.74) is -1.34. The van der Waals surface area contributed by atoms with Crippen molar-refractivity contribution in [1.29, 1.82) is 0 Å². The van der Waals surface area contributed by atoms with Crippen LogP contribution in [0.3, 0.4) is 0 Å². The molecule has 0 rings (SSSR count). The molecular weight excluding hydrogens is 214 g/mol. The number of rotatable bonds is 5. The van der Waals surface area contributed by atoms with E-state index in [1.807, 2.05) is 0 Å². The summed E-state index contributed by atoms with van der Waals surface area (Å²) < 4.78 is 0. The van der Waals surface area contributed by atoms with E-state index in [9.17, 15) is 14.4 Å². The van der Waals surface area contributed by atoms with Crippen LogP contribution >= 0.6 is 0 Å². The summed E-state index contributed by atoms with van der Waals surface area (Å²) in [5, 5.41) is 15.8. The minimum atomic E-state index is -1.34. The Morgan fingerprint density at radius 2 is 1.81 bits per heavy atom. The Balaban J connectivity index is 3.92. The number of carbonyl (C=O) groups is 3. The quantitative estimate of drug-likeness (QED) is 0.501. The largest absolute Gasteiger partial charge is 0.480 e. The van der Waals surface area contributed by atoms with Crippen molar-refractivity contribution in [3.8, 4) is 0 Å². The first kappa shape index (κ1) is 14.2. The third-order valence-electron chi connectivity index (χ3n) is 1.88. The van der Waals surface area contributed by atoms with Gasteiger partial charge >= 0.3 is 12.0 Å². The second-order valence-electron chi connectivity index (χ2n) is 3.73. The highest BCUT2D eigenvalue weighted by Crippen LogP contribution is 2.00. The molecule has 0 bridgehead atoms. The minimum absolute atomic E-state index is 0.150. The van der Waals surface area contributed by atoms with Gasteiger partial charge in [-0.05, 0) is 13.8 Å². The number of hydrogen-bond donors (Lipinski definition) is 4. The Kier molecular flexibility index (Phi) is 5.27. The van der Waals surface area contributed by atoms with E-state index in [1.54, 1.807) is 0 Å². The maximum Gasteiger partial charge on any atom is 0.328 e. The number of aliphatic carboxylic acids is 1. The van der Waals surface area contributed by atoms with Gasteiger partial charge in [0.2, 0.25) is 5.91 Å². The highest BCUT2D eigenvalue weighted by molar-refractivity contribution is 5.85. The molecule has 92 valence electrons. The van der Waals surface area contributed by atoms with Crippen LogP contribution in [0.4, 0.5) is 4.79 Å². The molecule has 0 radical (unpaired) electrons. The predicted molar refractivity (Wildman–Crippen MR) is 56.9 cm³/mol. The zero-order chi connectivity index (χ0) is 12.8. The van der Waals surface area contributed by atoms with E-state index >= 15 is 0 Å². The van der Waals surface area contributed by atoms with Crippen molar-refractivity contribution in [3.05, 3.63) is 0 Å². The van der Waals surface area contributed by atoms with E-state index in [0.29, 0.717) is 0 Å². The smallest absolute Gasteiger partial charge is 0.328 e. The van der Waals surface area contributed by atoms with E-state index in [4.69, 9.17) is 5.11 Å². The fourth-order valence-electron chi connectivity index (χ4n) is 0.796. The molecule has 0 fully saturated rings. The topological polar surface area (TPSA) is 108 Å². The fourth-order valence-corrected chi connectivity index (χ4v) is 0.796. The molecule has 0 aliphatic carbocycles. The molecule has 7 heteroatoms. The van der Waals surface area contributed by atoms with Crippen LogP contribution in [0.1, 0.15) is 20.3 Å². The van der Waals surface area contributed by atoms with Crippen molar-refractivity contribution >= 4 is 17.9 Å². The highest BCUT2D eigenvalue weighted by atomic mass is 16.4. The van der Waals surface area contributed by atoms with Crippen LogP contribution in [0, 0.1) is 0 Å². The Hall–Kier alpha value is -1.79. The summed E-state index contributed by atoms with van der Waals surface area (Å²) in [4.78, 5) is 32.7. The third kappa shape index (κ3) is 5.18. The summed E-state index contributed by atoms with van der Waals surface area (Å²) in [6.45, 7) is 2.89. The number of carbonyl (C=O) groups excluding carboxylic acids is 2. The Morgan fingerprint density at radius 3 is 2.25 bits per heavy atom. The molecule has 0 aromatic carbocycles. The molecule has 16 heavy (non-hydrogen) atoms. The van der Waals surface area contributed by atoms with Crippen molar-refractivity contribution in [2.24, 2.45) is 0 Å². The van der Waals surface area contributed by atoms with Crippen molar-refractivity contribution in [2.75, 3.05) is 13.6 Å². The molecule has 0 atom stereocenters. The van der Waals surface area contributed by atoms with E-state index in [-0.39, 0.29) is 18.9 Å². The number of hydrogen-bond acceptors (Lipinski definition) is 3. The van der Waals surface area contributed by atoms with Crippen LogP contribution in [-0.2, 0) is 9.59 Å². The van der Waals surface area contributed by atoms with E-state index in [0.717, 1.165) is 0 Å². The average Bonchev–Trinajstić information content (AvgIpc) is 2.16. The summed E-state index contributed by atoms with van der Waals surface area (Å²) in [6, 6.07) is -0.615. The molecule has 0 saturated heterocycles. The molecule has 0 aliphatic heterocycles. The lowest BCUT2D eigenvalue weighted by molar-refractivity contribution is -0.142. The van der Waals surface area contributed by atoms with E-state index in [2.05, 4.69) is 16.0 Å². The first-order chi connectivity index (χ1) is 7.29. The number of urea groups is 1. The zero-order valence-corrected chi connectivity index (χ0v) is 9.59. The number of nitrogens with one attached hydrogen (secondary N) is 3. The standard InChI is InChI=1S/C9H17N3O4/c1-9(2,7(14)15)12-8(16)11-5-4-6(13)10-3/h4-5H2,1-3H3,(H,10,13)(H,14,15)(H2,11,12,16). The van der Waals surface area contributed by atoms with Gasteiger partial charge in [-0.15, -0.1) is 0 Å². The first-order valence-electron chi connectivity index (χ1n) is 4.79. The number of carboxylic acids is 1. The summed E-state index contributed by atoms with van der Waals surface area (Å²) >= 11 is 0. The van der Waals surface area contributed by atoms with Gasteiger partial charge in [0.1, 0.15) is 5.54 Å². The first-order valence-corrected chi connectivity index (χ1v) is 4.79. The van der Waals surface area contributed by atoms with Gasteiger partial charge in [-0.2, -0.15) is 0 Å². The molecule has 3 amide bonds. The summed E-state index contributed by atoms with van der Waals surface area (Å²) in [7, 11) is 1.50. The van der Waals surface area contributed by atoms with Gasteiger partial charge in [-0.1, -0.05) is 0 Å². The lowest BCUT2D eigenvalue weighted by Gasteiger charge is -2.21. The van der Waals surface area contributed by atoms with Crippen molar-refractivity contribution in [1.82, 2.24) is 16.0 Å². The normalized spacial score (nSPS) is 10.4. The Morgan fingerprint density at radius 1 is 1.25 bits per heavy atom. The summed E-state index contributed by atoms with van der Waals surface area (Å²) in [5.74, 6) is -1.33. The Bertz CT molecular complexity index is 288. The van der Waals surface area contributed by atoms with Crippen LogP contribution in [0.15, 0.2) is 0 Å². The van der Waals surface area contributed by atoms with Gasteiger partial charge in [0.25, 0.3) is 0 Å². The number of amides is 3. The van der Waals surface area contributed by atoms with Gasteiger partial charge in [0.15, 0.2) is 0 Å². The molecule has 0 aliphatic rings. The highest BCUT2D eigenvalue weighted by Gasteiger charge is 2.28. The maximum atomic E-state index is 11.2. The SMILES string of the molecule is CNC(=O)CCNC(=O)NC(C)(C)C(=O)O. The zero-order valence-electron chi connectivity index (χ0n) is 9.59. The molecule has 0 saturated carbocycles. The van der Waals surface area contributed by atoms with Gasteiger partial charge in [-0.25, -0.2) is 9.59 Å².